The zero-order chi connectivity index (χ0) is 8.97. The fourth-order valence-corrected chi connectivity index (χ4v) is 1.22. The van der Waals surface area contributed by atoms with Crippen molar-refractivity contribution in [3.05, 3.63) is 22.6 Å². The van der Waals surface area contributed by atoms with E-state index in [0.717, 1.165) is 0 Å². The Morgan fingerprint density at radius 2 is 2.50 bits per heavy atom. The van der Waals surface area contributed by atoms with Gasteiger partial charge in [0.15, 0.2) is 0 Å². The monoisotopic (exact) mass is 167 g/mol. The van der Waals surface area contributed by atoms with Crippen LogP contribution in [0.3, 0.4) is 0 Å². The van der Waals surface area contributed by atoms with Gasteiger partial charge in [0.25, 0.3) is 0 Å². The van der Waals surface area contributed by atoms with Crippen LogP contribution in [0.4, 0.5) is 0 Å². The van der Waals surface area contributed by atoms with Crippen LogP contribution in [0.2, 0.25) is 0 Å². The second-order valence-corrected chi connectivity index (χ2v) is 2.71. The van der Waals surface area contributed by atoms with Crippen molar-refractivity contribution in [2.24, 2.45) is 11.0 Å². The van der Waals surface area contributed by atoms with Crippen molar-refractivity contribution >= 4 is 5.97 Å². The van der Waals surface area contributed by atoms with Gasteiger partial charge in [-0.1, -0.05) is 17.3 Å². The number of carboxylic acid groups (broad SMARTS) is 1. The Labute approximate surface area is 69.3 Å². The summed E-state index contributed by atoms with van der Waals surface area (Å²) in [6.07, 6.45) is 4.45. The number of nitrogens with zero attached hydrogens (tertiary/aromatic N) is 3. The van der Waals surface area contributed by atoms with Crippen LogP contribution in [0.25, 0.3) is 10.4 Å². The number of azide groups is 1. The van der Waals surface area contributed by atoms with Crippen LogP contribution >= 0.6 is 0 Å². The molecule has 0 aromatic carbocycles. The van der Waals surface area contributed by atoms with E-state index in [1.807, 2.05) is 0 Å². The Morgan fingerprint density at radius 3 is 3.08 bits per heavy atom. The first-order valence-electron chi connectivity index (χ1n) is 3.67. The number of allylic oxidation sites excluding steroid dienone is 1. The predicted molar refractivity (Wildman–Crippen MR) is 42.4 cm³/mol. The molecule has 0 heterocycles. The van der Waals surface area contributed by atoms with E-state index in [4.69, 9.17) is 10.6 Å². The molecular formula is C7H9N3O2. The van der Waals surface area contributed by atoms with Gasteiger partial charge < -0.3 is 5.11 Å². The average molecular weight is 167 g/mol. The van der Waals surface area contributed by atoms with E-state index >= 15 is 0 Å². The van der Waals surface area contributed by atoms with Gasteiger partial charge in [-0.3, -0.25) is 4.79 Å². The van der Waals surface area contributed by atoms with Crippen LogP contribution in [0.5, 0.6) is 0 Å². The summed E-state index contributed by atoms with van der Waals surface area (Å²) in [6.45, 7) is 0. The maximum Gasteiger partial charge on any atom is 0.306 e. The number of carbonyl (C=O) groups is 1. The summed E-state index contributed by atoms with van der Waals surface area (Å²) in [4.78, 5) is 13.2. The third-order valence-electron chi connectivity index (χ3n) is 1.85. The molecule has 1 aliphatic carbocycles. The lowest BCUT2D eigenvalue weighted by Gasteiger charge is -2.17. The fourth-order valence-electron chi connectivity index (χ4n) is 1.22. The SMILES string of the molecule is [N-]=[N+]=N[C@H]1C=CC[C@@H](C(=O)O)C1. The smallest absolute Gasteiger partial charge is 0.306 e. The maximum atomic E-state index is 10.5. The highest BCUT2D eigenvalue weighted by atomic mass is 16.4. The molecule has 0 aromatic heterocycles. The molecule has 0 amide bonds. The number of rotatable bonds is 2. The van der Waals surface area contributed by atoms with Crippen molar-refractivity contribution < 1.29 is 9.90 Å². The summed E-state index contributed by atoms with van der Waals surface area (Å²) in [5, 5.41) is 12.1. The first kappa shape index (κ1) is 8.62. The van der Waals surface area contributed by atoms with Crippen LogP contribution in [0.15, 0.2) is 17.3 Å². The second-order valence-electron chi connectivity index (χ2n) is 2.71. The molecule has 5 nitrogen and oxygen atoms in total. The predicted octanol–water partition coefficient (Wildman–Crippen LogP) is 1.72. The Kier molecular flexibility index (Phi) is 2.71. The van der Waals surface area contributed by atoms with Crippen LogP contribution < -0.4 is 0 Å². The van der Waals surface area contributed by atoms with Gasteiger partial charge in [-0.2, -0.15) is 0 Å². The normalized spacial score (nSPS) is 27.7. The quantitative estimate of drug-likeness (QED) is 0.294. The highest BCUT2D eigenvalue weighted by Gasteiger charge is 2.22. The van der Waals surface area contributed by atoms with Gasteiger partial charge in [0.1, 0.15) is 0 Å². The van der Waals surface area contributed by atoms with Gasteiger partial charge in [-0.25, -0.2) is 0 Å². The van der Waals surface area contributed by atoms with Crippen molar-refractivity contribution in [2.75, 3.05) is 0 Å². The minimum Gasteiger partial charge on any atom is -0.481 e. The molecule has 1 aliphatic rings. The second kappa shape index (κ2) is 3.78. The van der Waals surface area contributed by atoms with E-state index in [9.17, 15) is 4.79 Å². The lowest BCUT2D eigenvalue weighted by molar-refractivity contribution is -0.142. The van der Waals surface area contributed by atoms with Crippen molar-refractivity contribution in [2.45, 2.75) is 18.9 Å². The third-order valence-corrected chi connectivity index (χ3v) is 1.85. The van der Waals surface area contributed by atoms with Crippen LogP contribution in [0.1, 0.15) is 12.8 Å². The summed E-state index contributed by atoms with van der Waals surface area (Å²) in [6, 6.07) is -0.287. The van der Waals surface area contributed by atoms with Crippen molar-refractivity contribution in [1.29, 1.82) is 0 Å². The molecular weight excluding hydrogens is 158 g/mol. The van der Waals surface area contributed by atoms with Gasteiger partial charge in [-0.05, 0) is 18.4 Å². The molecule has 0 radical (unpaired) electrons. The van der Waals surface area contributed by atoms with Gasteiger partial charge in [0, 0.05) is 4.91 Å². The minimum atomic E-state index is -0.822. The first-order chi connectivity index (χ1) is 5.74. The van der Waals surface area contributed by atoms with Crippen LogP contribution in [-0.2, 0) is 4.79 Å². The van der Waals surface area contributed by atoms with Gasteiger partial charge in [-0.15, -0.1) is 0 Å². The van der Waals surface area contributed by atoms with Gasteiger partial charge >= 0.3 is 5.97 Å². The number of aliphatic carboxylic acids is 1. The largest absolute Gasteiger partial charge is 0.481 e. The summed E-state index contributed by atoms with van der Waals surface area (Å²) in [5.41, 5.74) is 8.12. The highest BCUT2D eigenvalue weighted by molar-refractivity contribution is 5.70. The van der Waals surface area contributed by atoms with Gasteiger partial charge in [0.05, 0.1) is 12.0 Å². The highest BCUT2D eigenvalue weighted by Crippen LogP contribution is 2.20. The third kappa shape index (κ3) is 2.00. The molecule has 0 spiro atoms. The molecule has 0 bridgehead atoms. The molecule has 0 fully saturated rings. The van der Waals surface area contributed by atoms with E-state index in [-0.39, 0.29) is 6.04 Å². The van der Waals surface area contributed by atoms with E-state index in [0.29, 0.717) is 12.8 Å². The Balaban J connectivity index is 2.62. The number of hydrogen-bond donors (Lipinski definition) is 1. The summed E-state index contributed by atoms with van der Waals surface area (Å²) < 4.78 is 0. The molecule has 1 rings (SSSR count). The topological polar surface area (TPSA) is 86.1 Å². The molecule has 0 saturated heterocycles. The van der Waals surface area contributed by atoms with Crippen molar-refractivity contribution in [3.8, 4) is 0 Å². The summed E-state index contributed by atoms with van der Waals surface area (Å²) >= 11 is 0. The Bertz CT molecular complexity index is 255. The molecule has 1 N–H and O–H groups in total. The lowest BCUT2D eigenvalue weighted by Crippen LogP contribution is -2.20. The fraction of sp³-hybridized carbons (Fsp3) is 0.571. The summed E-state index contributed by atoms with van der Waals surface area (Å²) in [7, 11) is 0. The molecule has 0 unspecified atom stereocenters. The van der Waals surface area contributed by atoms with Gasteiger partial charge in [0.2, 0.25) is 0 Å². The molecule has 12 heavy (non-hydrogen) atoms. The lowest BCUT2D eigenvalue weighted by atomic mass is 9.92. The molecule has 64 valence electrons. The summed E-state index contributed by atoms with van der Waals surface area (Å²) in [5.74, 6) is -1.22. The molecule has 2 atom stereocenters. The Hall–Kier alpha value is -1.48. The van der Waals surface area contributed by atoms with E-state index in [1.165, 1.54) is 0 Å². The zero-order valence-electron chi connectivity index (χ0n) is 6.42. The van der Waals surface area contributed by atoms with Crippen molar-refractivity contribution in [1.82, 2.24) is 0 Å². The minimum absolute atomic E-state index is 0.287. The van der Waals surface area contributed by atoms with E-state index < -0.39 is 11.9 Å². The number of hydrogen-bond acceptors (Lipinski definition) is 2. The molecule has 0 aliphatic heterocycles. The van der Waals surface area contributed by atoms with Crippen molar-refractivity contribution in [3.63, 3.8) is 0 Å². The van der Waals surface area contributed by atoms with E-state index in [2.05, 4.69) is 10.0 Å². The molecule has 5 heteroatoms. The van der Waals surface area contributed by atoms with Crippen LogP contribution in [-0.4, -0.2) is 17.1 Å². The first-order valence-corrected chi connectivity index (χ1v) is 3.67. The molecule has 0 saturated carbocycles. The maximum absolute atomic E-state index is 10.5. The Morgan fingerprint density at radius 1 is 1.75 bits per heavy atom. The number of carboxylic acids is 1. The zero-order valence-corrected chi connectivity index (χ0v) is 6.42. The average Bonchev–Trinajstić information content (AvgIpc) is 2.05. The standard InChI is InChI=1S/C7H9N3O2/c8-10-9-6-3-1-2-5(4-6)7(11)12/h1,3,5-6H,2,4H2,(H,11,12)/t5-,6+/m1/s1. The van der Waals surface area contributed by atoms with E-state index in [1.54, 1.807) is 12.2 Å². The van der Waals surface area contributed by atoms with Crippen LogP contribution in [0, 0.1) is 5.92 Å². The molecule has 0 aromatic rings.